The van der Waals surface area contributed by atoms with Crippen LogP contribution < -0.4 is 4.90 Å². The van der Waals surface area contributed by atoms with Crippen molar-refractivity contribution in [3.63, 3.8) is 0 Å². The van der Waals surface area contributed by atoms with E-state index in [9.17, 15) is 0 Å². The number of anilines is 1. The first kappa shape index (κ1) is 17.6. The largest absolute Gasteiger partial charge is 0.354 e. The molecule has 0 aromatic carbocycles. The third-order valence-electron chi connectivity index (χ3n) is 4.77. The molecule has 3 aromatic heterocycles. The number of piperazine rings is 1. The molecule has 0 N–H and O–H groups in total. The van der Waals surface area contributed by atoms with Gasteiger partial charge in [0.2, 0.25) is 0 Å². The summed E-state index contributed by atoms with van der Waals surface area (Å²) >= 11 is 0. The summed E-state index contributed by atoms with van der Waals surface area (Å²) in [6.07, 6.45) is 1.97. The molecular formula is C18H25N9. The van der Waals surface area contributed by atoms with Crippen LogP contribution >= 0.6 is 0 Å². The minimum Gasteiger partial charge on any atom is -0.354 e. The maximum atomic E-state index is 4.66. The van der Waals surface area contributed by atoms with E-state index in [4.69, 9.17) is 0 Å². The summed E-state index contributed by atoms with van der Waals surface area (Å²) in [5.41, 5.74) is 3.07. The second kappa shape index (κ2) is 7.07. The van der Waals surface area contributed by atoms with E-state index >= 15 is 0 Å². The molecule has 142 valence electrons. The predicted molar refractivity (Wildman–Crippen MR) is 102 cm³/mol. The van der Waals surface area contributed by atoms with Crippen molar-refractivity contribution in [1.29, 1.82) is 0 Å². The minimum absolute atomic E-state index is 0.761. The Kier molecular flexibility index (Phi) is 4.61. The van der Waals surface area contributed by atoms with E-state index in [0.29, 0.717) is 0 Å². The molecule has 4 rings (SSSR count). The van der Waals surface area contributed by atoms with Crippen molar-refractivity contribution in [2.75, 3.05) is 31.1 Å². The van der Waals surface area contributed by atoms with Gasteiger partial charge in [0.25, 0.3) is 0 Å². The molecule has 9 heteroatoms. The highest BCUT2D eigenvalue weighted by Crippen LogP contribution is 2.19. The molecule has 1 aliphatic rings. The summed E-state index contributed by atoms with van der Waals surface area (Å²) in [5.74, 6) is 2.55. The molecule has 1 saturated heterocycles. The standard InChI is InChI=1S/C18H25N9/c1-13-9-14(2)27(22-13)18-10-17(19-15(3)20-18)26-7-5-25(6-8-26)12-16-11-24(4)23-21-16/h9-11H,5-8,12H2,1-4H3. The van der Waals surface area contributed by atoms with Crippen LogP contribution in [0.2, 0.25) is 0 Å². The van der Waals surface area contributed by atoms with Gasteiger partial charge < -0.3 is 4.90 Å². The molecule has 4 heterocycles. The fraction of sp³-hybridized carbons (Fsp3) is 0.500. The van der Waals surface area contributed by atoms with Gasteiger partial charge in [-0.3, -0.25) is 9.58 Å². The van der Waals surface area contributed by atoms with Crippen LogP contribution in [-0.4, -0.2) is 65.8 Å². The predicted octanol–water partition coefficient (Wildman–Crippen LogP) is 1.04. The molecule has 0 radical (unpaired) electrons. The van der Waals surface area contributed by atoms with E-state index in [1.807, 2.05) is 44.8 Å². The van der Waals surface area contributed by atoms with Crippen molar-refractivity contribution in [2.45, 2.75) is 27.3 Å². The number of nitrogens with zero attached hydrogens (tertiary/aromatic N) is 9. The van der Waals surface area contributed by atoms with Gasteiger partial charge in [-0.2, -0.15) is 5.10 Å². The highest BCUT2D eigenvalue weighted by molar-refractivity contribution is 5.45. The number of rotatable bonds is 4. The molecule has 0 unspecified atom stereocenters. The van der Waals surface area contributed by atoms with Crippen LogP contribution in [-0.2, 0) is 13.6 Å². The molecule has 0 spiro atoms. The summed E-state index contributed by atoms with van der Waals surface area (Å²) in [4.78, 5) is 14.0. The van der Waals surface area contributed by atoms with Gasteiger partial charge in [-0.05, 0) is 26.8 Å². The highest BCUT2D eigenvalue weighted by Gasteiger charge is 2.20. The molecule has 0 amide bonds. The lowest BCUT2D eigenvalue weighted by Gasteiger charge is -2.35. The fourth-order valence-corrected chi connectivity index (χ4v) is 3.50. The summed E-state index contributed by atoms with van der Waals surface area (Å²) in [6.45, 7) is 10.6. The lowest BCUT2D eigenvalue weighted by Crippen LogP contribution is -2.46. The smallest absolute Gasteiger partial charge is 0.159 e. The van der Waals surface area contributed by atoms with Gasteiger partial charge in [0.15, 0.2) is 5.82 Å². The molecular weight excluding hydrogens is 342 g/mol. The lowest BCUT2D eigenvalue weighted by atomic mass is 10.3. The molecule has 3 aromatic rings. The molecule has 0 bridgehead atoms. The van der Waals surface area contributed by atoms with Gasteiger partial charge in [-0.15, -0.1) is 5.10 Å². The molecule has 9 nitrogen and oxygen atoms in total. The topological polar surface area (TPSA) is 80.8 Å². The Morgan fingerprint density at radius 1 is 0.963 bits per heavy atom. The van der Waals surface area contributed by atoms with Crippen molar-refractivity contribution in [2.24, 2.45) is 7.05 Å². The Balaban J connectivity index is 1.47. The number of hydrogen-bond donors (Lipinski definition) is 0. The van der Waals surface area contributed by atoms with Gasteiger partial charge in [0.1, 0.15) is 11.6 Å². The van der Waals surface area contributed by atoms with Gasteiger partial charge >= 0.3 is 0 Å². The van der Waals surface area contributed by atoms with Crippen molar-refractivity contribution < 1.29 is 0 Å². The van der Waals surface area contributed by atoms with Crippen molar-refractivity contribution in [1.82, 2.24) is 39.6 Å². The fourth-order valence-electron chi connectivity index (χ4n) is 3.50. The average Bonchev–Trinajstić information content (AvgIpc) is 3.19. The summed E-state index contributed by atoms with van der Waals surface area (Å²) in [7, 11) is 1.90. The average molecular weight is 367 g/mol. The highest BCUT2D eigenvalue weighted by atomic mass is 15.4. The zero-order chi connectivity index (χ0) is 19.0. The maximum absolute atomic E-state index is 4.66. The van der Waals surface area contributed by atoms with E-state index in [1.165, 1.54) is 0 Å². The molecule has 27 heavy (non-hydrogen) atoms. The first-order valence-electron chi connectivity index (χ1n) is 9.20. The van der Waals surface area contributed by atoms with E-state index in [1.54, 1.807) is 4.68 Å². The van der Waals surface area contributed by atoms with Gasteiger partial charge in [0, 0.05) is 57.7 Å². The molecule has 1 fully saturated rings. The maximum Gasteiger partial charge on any atom is 0.159 e. The van der Waals surface area contributed by atoms with Crippen molar-refractivity contribution >= 4 is 5.82 Å². The Bertz CT molecular complexity index is 934. The molecule has 0 saturated carbocycles. The number of aromatic nitrogens is 7. The second-order valence-corrected chi connectivity index (χ2v) is 7.12. The van der Waals surface area contributed by atoms with Crippen LogP contribution in [0.15, 0.2) is 18.3 Å². The van der Waals surface area contributed by atoms with Crippen molar-refractivity contribution in [3.8, 4) is 5.82 Å². The van der Waals surface area contributed by atoms with Gasteiger partial charge in [0.05, 0.1) is 11.4 Å². The first-order chi connectivity index (χ1) is 13.0. The van der Waals surface area contributed by atoms with E-state index in [-0.39, 0.29) is 0 Å². The summed E-state index contributed by atoms with van der Waals surface area (Å²) in [5, 5.41) is 12.7. The monoisotopic (exact) mass is 367 g/mol. The Labute approximate surface area is 158 Å². The van der Waals surface area contributed by atoms with Crippen LogP contribution in [0.4, 0.5) is 5.82 Å². The Hall–Kier alpha value is -2.81. The van der Waals surface area contributed by atoms with E-state index in [0.717, 1.165) is 67.3 Å². The van der Waals surface area contributed by atoms with E-state index < -0.39 is 0 Å². The Morgan fingerprint density at radius 2 is 1.70 bits per heavy atom. The first-order valence-corrected chi connectivity index (χ1v) is 9.20. The molecule has 0 atom stereocenters. The number of aryl methyl sites for hydroxylation is 4. The normalized spacial score (nSPS) is 15.5. The molecule has 1 aliphatic heterocycles. The quantitative estimate of drug-likeness (QED) is 0.681. The third-order valence-corrected chi connectivity index (χ3v) is 4.77. The van der Waals surface area contributed by atoms with Gasteiger partial charge in [-0.1, -0.05) is 5.21 Å². The lowest BCUT2D eigenvalue weighted by molar-refractivity contribution is 0.246. The zero-order valence-corrected chi connectivity index (χ0v) is 16.3. The summed E-state index contributed by atoms with van der Waals surface area (Å²) in [6, 6.07) is 4.09. The summed E-state index contributed by atoms with van der Waals surface area (Å²) < 4.78 is 3.63. The minimum atomic E-state index is 0.761. The zero-order valence-electron chi connectivity index (χ0n) is 16.3. The van der Waals surface area contributed by atoms with E-state index in [2.05, 4.69) is 41.2 Å². The third kappa shape index (κ3) is 3.82. The van der Waals surface area contributed by atoms with Crippen LogP contribution in [0.5, 0.6) is 0 Å². The van der Waals surface area contributed by atoms with Crippen molar-refractivity contribution in [3.05, 3.63) is 41.2 Å². The van der Waals surface area contributed by atoms with Gasteiger partial charge in [-0.25, -0.2) is 14.6 Å². The Morgan fingerprint density at radius 3 is 2.33 bits per heavy atom. The van der Waals surface area contributed by atoms with Crippen LogP contribution in [0.3, 0.4) is 0 Å². The number of hydrogen-bond acceptors (Lipinski definition) is 7. The second-order valence-electron chi connectivity index (χ2n) is 7.12. The molecule has 0 aliphatic carbocycles. The van der Waals surface area contributed by atoms with Crippen LogP contribution in [0.25, 0.3) is 5.82 Å². The SMILES string of the molecule is Cc1cc(C)n(-c2cc(N3CCN(Cc4cn(C)nn4)CC3)nc(C)n2)n1. The van der Waals surface area contributed by atoms with Crippen LogP contribution in [0, 0.1) is 20.8 Å². The van der Waals surface area contributed by atoms with Crippen LogP contribution in [0.1, 0.15) is 22.9 Å².